The summed E-state index contributed by atoms with van der Waals surface area (Å²) >= 11 is 5.61. The highest BCUT2D eigenvalue weighted by molar-refractivity contribution is 6.31. The largest absolute Gasteiger partial charge is 0.478 e. The highest BCUT2D eigenvalue weighted by atomic mass is 35.5. The van der Waals surface area contributed by atoms with E-state index in [4.69, 9.17) is 11.6 Å². The molecule has 0 saturated carbocycles. The van der Waals surface area contributed by atoms with Gasteiger partial charge in [0.25, 0.3) is 0 Å². The van der Waals surface area contributed by atoms with E-state index in [9.17, 15) is 23.1 Å². The Morgan fingerprint density at radius 1 is 1.26 bits per heavy atom. The standard InChI is InChI=1S/C15H14ClF3N2O2/c1-14(2,3)12-9(13(22)23)7-20-21(12)8-4-5-11(16)10(6-8)15(17,18)19/h4-7H,1-3H3,(H,22,23). The molecule has 23 heavy (non-hydrogen) atoms. The number of aromatic carboxylic acids is 1. The number of hydrogen-bond donors (Lipinski definition) is 1. The third-order valence-electron chi connectivity index (χ3n) is 3.21. The lowest BCUT2D eigenvalue weighted by molar-refractivity contribution is -0.137. The molecule has 4 nitrogen and oxygen atoms in total. The summed E-state index contributed by atoms with van der Waals surface area (Å²) in [6.45, 7) is 5.27. The van der Waals surface area contributed by atoms with E-state index in [-0.39, 0.29) is 11.3 Å². The Kier molecular flexibility index (Phi) is 4.19. The average Bonchev–Trinajstić information content (AvgIpc) is 2.82. The summed E-state index contributed by atoms with van der Waals surface area (Å²) in [5.74, 6) is -1.19. The zero-order valence-corrected chi connectivity index (χ0v) is 13.3. The van der Waals surface area contributed by atoms with Gasteiger partial charge in [-0.25, -0.2) is 9.48 Å². The van der Waals surface area contributed by atoms with Gasteiger partial charge in [0, 0.05) is 5.41 Å². The average molecular weight is 347 g/mol. The van der Waals surface area contributed by atoms with Crippen molar-refractivity contribution in [3.8, 4) is 5.69 Å². The van der Waals surface area contributed by atoms with Crippen LogP contribution in [0.4, 0.5) is 13.2 Å². The second kappa shape index (κ2) is 5.56. The lowest BCUT2D eigenvalue weighted by Gasteiger charge is -2.22. The molecule has 2 rings (SSSR count). The molecule has 0 aliphatic heterocycles. The normalized spacial score (nSPS) is 12.5. The molecule has 0 unspecified atom stereocenters. The first-order valence-electron chi connectivity index (χ1n) is 6.62. The fourth-order valence-electron chi connectivity index (χ4n) is 2.28. The Morgan fingerprint density at radius 2 is 1.87 bits per heavy atom. The van der Waals surface area contributed by atoms with Crippen molar-refractivity contribution in [1.82, 2.24) is 9.78 Å². The van der Waals surface area contributed by atoms with Gasteiger partial charge in [0.1, 0.15) is 5.56 Å². The summed E-state index contributed by atoms with van der Waals surface area (Å²) in [5, 5.41) is 12.8. The molecule has 124 valence electrons. The fraction of sp³-hybridized carbons (Fsp3) is 0.333. The summed E-state index contributed by atoms with van der Waals surface area (Å²) in [7, 11) is 0. The van der Waals surface area contributed by atoms with Crippen molar-refractivity contribution in [3.05, 3.63) is 46.2 Å². The van der Waals surface area contributed by atoms with Crippen LogP contribution in [-0.2, 0) is 11.6 Å². The van der Waals surface area contributed by atoms with E-state index >= 15 is 0 Å². The molecule has 1 aromatic heterocycles. The molecule has 0 aliphatic carbocycles. The van der Waals surface area contributed by atoms with Gasteiger partial charge in [0.05, 0.1) is 28.2 Å². The Morgan fingerprint density at radius 3 is 2.35 bits per heavy atom. The van der Waals surface area contributed by atoms with Gasteiger partial charge >= 0.3 is 12.1 Å². The van der Waals surface area contributed by atoms with Gasteiger partial charge < -0.3 is 5.11 Å². The first kappa shape index (κ1) is 17.3. The first-order valence-corrected chi connectivity index (χ1v) is 6.99. The minimum atomic E-state index is -4.61. The maximum absolute atomic E-state index is 13.0. The van der Waals surface area contributed by atoms with Crippen molar-refractivity contribution in [2.24, 2.45) is 0 Å². The summed E-state index contributed by atoms with van der Waals surface area (Å²) in [5.41, 5.74) is -1.29. The Hall–Kier alpha value is -2.02. The third kappa shape index (κ3) is 3.34. The molecule has 8 heteroatoms. The van der Waals surface area contributed by atoms with Gasteiger partial charge in [-0.3, -0.25) is 0 Å². The molecule has 1 heterocycles. The van der Waals surface area contributed by atoms with Crippen molar-refractivity contribution < 1.29 is 23.1 Å². The number of nitrogens with zero attached hydrogens (tertiary/aromatic N) is 2. The fourth-order valence-corrected chi connectivity index (χ4v) is 2.51. The molecule has 1 N–H and O–H groups in total. The molecule has 0 spiro atoms. The SMILES string of the molecule is CC(C)(C)c1c(C(=O)O)cnn1-c1ccc(Cl)c(C(F)(F)F)c1. The molecule has 0 fully saturated rings. The maximum atomic E-state index is 13.0. The first-order chi connectivity index (χ1) is 10.4. The van der Waals surface area contributed by atoms with Crippen LogP contribution in [0.25, 0.3) is 5.69 Å². The molecule has 2 aromatic rings. The van der Waals surface area contributed by atoms with Gasteiger partial charge in [-0.05, 0) is 18.2 Å². The minimum absolute atomic E-state index is 0.0546. The minimum Gasteiger partial charge on any atom is -0.478 e. The van der Waals surface area contributed by atoms with Crippen LogP contribution < -0.4 is 0 Å². The van der Waals surface area contributed by atoms with E-state index in [0.717, 1.165) is 18.3 Å². The molecule has 0 aliphatic rings. The smallest absolute Gasteiger partial charge is 0.417 e. The van der Waals surface area contributed by atoms with Crippen LogP contribution in [0, 0.1) is 0 Å². The van der Waals surface area contributed by atoms with Crippen LogP contribution in [0.5, 0.6) is 0 Å². The number of benzene rings is 1. The third-order valence-corrected chi connectivity index (χ3v) is 3.54. The number of carbonyl (C=O) groups is 1. The zero-order chi connectivity index (χ0) is 17.6. The zero-order valence-electron chi connectivity index (χ0n) is 12.6. The summed E-state index contributed by atoms with van der Waals surface area (Å²) in [4.78, 5) is 11.3. The molecule has 0 radical (unpaired) electrons. The van der Waals surface area contributed by atoms with Crippen LogP contribution in [0.2, 0.25) is 5.02 Å². The molecule has 1 aromatic carbocycles. The molecular weight excluding hydrogens is 333 g/mol. The predicted octanol–water partition coefficient (Wildman–Crippen LogP) is 4.54. The Balaban J connectivity index is 2.71. The number of rotatable bonds is 2. The summed E-state index contributed by atoms with van der Waals surface area (Å²) in [6, 6.07) is 3.34. The quantitative estimate of drug-likeness (QED) is 0.868. The molecule has 0 atom stereocenters. The lowest BCUT2D eigenvalue weighted by Crippen LogP contribution is -2.21. The Bertz CT molecular complexity index is 761. The van der Waals surface area contributed by atoms with Crippen molar-refractivity contribution in [3.63, 3.8) is 0 Å². The predicted molar refractivity (Wildman–Crippen MR) is 79.2 cm³/mol. The molecule has 0 bridgehead atoms. The van der Waals surface area contributed by atoms with Crippen molar-refractivity contribution >= 4 is 17.6 Å². The summed E-state index contributed by atoms with van der Waals surface area (Å²) < 4.78 is 40.2. The lowest BCUT2D eigenvalue weighted by atomic mass is 9.89. The van der Waals surface area contributed by atoms with Gasteiger partial charge in [0.2, 0.25) is 0 Å². The van der Waals surface area contributed by atoms with E-state index in [0.29, 0.717) is 5.69 Å². The van der Waals surface area contributed by atoms with Gasteiger partial charge in [-0.15, -0.1) is 0 Å². The number of aromatic nitrogens is 2. The maximum Gasteiger partial charge on any atom is 0.417 e. The number of alkyl halides is 3. The van der Waals surface area contributed by atoms with Crippen LogP contribution in [0.15, 0.2) is 24.4 Å². The summed E-state index contributed by atoms with van der Waals surface area (Å²) in [6.07, 6.45) is -3.48. The number of carboxylic acid groups (broad SMARTS) is 1. The van der Waals surface area contributed by atoms with Gasteiger partial charge in [-0.2, -0.15) is 18.3 Å². The van der Waals surface area contributed by atoms with Crippen LogP contribution in [0.3, 0.4) is 0 Å². The highest BCUT2D eigenvalue weighted by Crippen LogP contribution is 2.37. The van der Waals surface area contributed by atoms with Crippen LogP contribution in [-0.4, -0.2) is 20.9 Å². The Labute approximate surface area is 135 Å². The molecule has 0 saturated heterocycles. The number of carboxylic acids is 1. The van der Waals surface area contributed by atoms with E-state index in [1.54, 1.807) is 20.8 Å². The number of halogens is 4. The van der Waals surface area contributed by atoms with Gasteiger partial charge in [0.15, 0.2) is 0 Å². The molecular formula is C15H14ClF3N2O2. The van der Waals surface area contributed by atoms with Crippen molar-refractivity contribution in [2.45, 2.75) is 32.4 Å². The number of hydrogen-bond acceptors (Lipinski definition) is 2. The monoisotopic (exact) mass is 346 g/mol. The van der Waals surface area contributed by atoms with E-state index in [2.05, 4.69) is 5.10 Å². The second-order valence-corrected chi connectivity index (χ2v) is 6.44. The van der Waals surface area contributed by atoms with E-state index in [1.807, 2.05) is 0 Å². The van der Waals surface area contributed by atoms with Gasteiger partial charge in [-0.1, -0.05) is 32.4 Å². The van der Waals surface area contributed by atoms with Crippen LogP contribution in [0.1, 0.15) is 42.4 Å². The molecule has 0 amide bonds. The van der Waals surface area contributed by atoms with E-state index < -0.39 is 28.1 Å². The topological polar surface area (TPSA) is 55.1 Å². The van der Waals surface area contributed by atoms with Crippen LogP contribution >= 0.6 is 11.6 Å². The van der Waals surface area contributed by atoms with Crippen molar-refractivity contribution in [1.29, 1.82) is 0 Å². The van der Waals surface area contributed by atoms with E-state index in [1.165, 1.54) is 10.7 Å². The van der Waals surface area contributed by atoms with Crippen molar-refractivity contribution in [2.75, 3.05) is 0 Å². The second-order valence-electron chi connectivity index (χ2n) is 6.04. The highest BCUT2D eigenvalue weighted by Gasteiger charge is 2.34.